The van der Waals surface area contributed by atoms with Gasteiger partial charge < -0.3 is 10.1 Å². The molecule has 0 saturated heterocycles. The Morgan fingerprint density at radius 2 is 2.30 bits per heavy atom. The quantitative estimate of drug-likeness (QED) is 0.509. The number of amides is 1. The number of rotatable bonds is 3. The molecule has 0 heterocycles. The van der Waals surface area contributed by atoms with E-state index in [0.29, 0.717) is 12.5 Å². The maximum absolute atomic E-state index is 10.5. The van der Waals surface area contributed by atoms with Gasteiger partial charge in [-0.3, -0.25) is 0 Å². The van der Waals surface area contributed by atoms with Gasteiger partial charge in [0.05, 0.1) is 12.6 Å². The van der Waals surface area contributed by atoms with Gasteiger partial charge in [0.2, 0.25) is 0 Å². The van der Waals surface area contributed by atoms with E-state index >= 15 is 0 Å². The Hall–Kier alpha value is -0.440. The summed E-state index contributed by atoms with van der Waals surface area (Å²) < 4.78 is 4.71. The molecule has 0 rings (SSSR count). The van der Waals surface area contributed by atoms with E-state index in [1.807, 2.05) is 13.8 Å². The van der Waals surface area contributed by atoms with E-state index in [4.69, 9.17) is 16.3 Å². The average molecular weight is 166 g/mol. The Morgan fingerprint density at radius 3 is 2.70 bits per heavy atom. The molecule has 10 heavy (non-hydrogen) atoms. The van der Waals surface area contributed by atoms with Gasteiger partial charge in [0.15, 0.2) is 0 Å². The SMILES string of the molecule is CC(C)COC(=O)NCCl. The van der Waals surface area contributed by atoms with Gasteiger partial charge in [-0.05, 0) is 5.92 Å². The summed E-state index contributed by atoms with van der Waals surface area (Å²) in [6.45, 7) is 4.37. The second kappa shape index (κ2) is 5.35. The lowest BCUT2D eigenvalue weighted by Gasteiger charge is -2.05. The third-order valence-corrected chi connectivity index (χ3v) is 0.893. The molecule has 1 amide bonds. The van der Waals surface area contributed by atoms with Gasteiger partial charge in [0, 0.05) is 0 Å². The fraction of sp³-hybridized carbons (Fsp3) is 0.833. The highest BCUT2D eigenvalue weighted by Crippen LogP contribution is 1.92. The van der Waals surface area contributed by atoms with Crippen molar-refractivity contribution < 1.29 is 9.53 Å². The molecule has 0 aromatic heterocycles. The van der Waals surface area contributed by atoms with Crippen LogP contribution in [0.25, 0.3) is 0 Å². The van der Waals surface area contributed by atoms with Crippen LogP contribution < -0.4 is 5.32 Å². The molecule has 4 heteroatoms. The second-order valence-corrected chi connectivity index (χ2v) is 2.57. The first kappa shape index (κ1) is 9.56. The van der Waals surface area contributed by atoms with E-state index in [1.54, 1.807) is 0 Å². The predicted molar refractivity (Wildman–Crippen MR) is 40.0 cm³/mol. The standard InChI is InChI=1S/C6H12ClNO2/c1-5(2)3-10-6(9)8-4-7/h5H,3-4H2,1-2H3,(H,8,9). The van der Waals surface area contributed by atoms with Crippen LogP contribution in [0.3, 0.4) is 0 Å². The van der Waals surface area contributed by atoms with Crippen LogP contribution in [-0.2, 0) is 4.74 Å². The maximum atomic E-state index is 10.5. The third kappa shape index (κ3) is 5.69. The lowest BCUT2D eigenvalue weighted by Crippen LogP contribution is -2.24. The van der Waals surface area contributed by atoms with Crippen LogP contribution in [0, 0.1) is 5.92 Å². The fourth-order valence-corrected chi connectivity index (χ4v) is 0.457. The van der Waals surface area contributed by atoms with E-state index in [9.17, 15) is 4.79 Å². The first-order valence-electron chi connectivity index (χ1n) is 3.13. The van der Waals surface area contributed by atoms with Crippen molar-refractivity contribution >= 4 is 17.7 Å². The molecule has 3 nitrogen and oxygen atoms in total. The van der Waals surface area contributed by atoms with E-state index in [1.165, 1.54) is 0 Å². The zero-order valence-corrected chi connectivity index (χ0v) is 6.94. The van der Waals surface area contributed by atoms with Crippen molar-refractivity contribution in [3.05, 3.63) is 0 Å². The minimum absolute atomic E-state index is 0.0942. The Morgan fingerprint density at radius 1 is 1.70 bits per heavy atom. The van der Waals surface area contributed by atoms with Crippen molar-refractivity contribution in [2.24, 2.45) is 5.92 Å². The third-order valence-electron chi connectivity index (χ3n) is 0.759. The number of alkyl carbamates (subject to hydrolysis) is 1. The fourth-order valence-electron chi connectivity index (χ4n) is 0.348. The zero-order valence-electron chi connectivity index (χ0n) is 6.19. The van der Waals surface area contributed by atoms with Crippen molar-refractivity contribution in [3.8, 4) is 0 Å². The largest absolute Gasteiger partial charge is 0.449 e. The minimum Gasteiger partial charge on any atom is -0.449 e. The molecule has 0 fully saturated rings. The topological polar surface area (TPSA) is 38.3 Å². The number of halogens is 1. The molecule has 0 aliphatic rings. The summed E-state index contributed by atoms with van der Waals surface area (Å²) in [5.41, 5.74) is 0. The lowest BCUT2D eigenvalue weighted by molar-refractivity contribution is 0.134. The van der Waals surface area contributed by atoms with Crippen LogP contribution in [0.15, 0.2) is 0 Å². The summed E-state index contributed by atoms with van der Waals surface area (Å²) in [4.78, 5) is 10.5. The lowest BCUT2D eigenvalue weighted by atomic mass is 10.2. The minimum atomic E-state index is -0.455. The summed E-state index contributed by atoms with van der Waals surface area (Å²) in [6.07, 6.45) is -0.455. The van der Waals surface area contributed by atoms with Crippen molar-refractivity contribution in [1.29, 1.82) is 0 Å². The Bertz CT molecular complexity index is 106. The monoisotopic (exact) mass is 165 g/mol. The predicted octanol–water partition coefficient (Wildman–Crippen LogP) is 1.56. The molecule has 60 valence electrons. The maximum Gasteiger partial charge on any atom is 0.408 e. The molecule has 0 aromatic rings. The van der Waals surface area contributed by atoms with Crippen molar-refractivity contribution in [3.63, 3.8) is 0 Å². The van der Waals surface area contributed by atoms with E-state index in [-0.39, 0.29) is 6.00 Å². The van der Waals surface area contributed by atoms with Crippen LogP contribution in [0.4, 0.5) is 4.79 Å². The number of hydrogen-bond acceptors (Lipinski definition) is 2. The van der Waals surface area contributed by atoms with Crippen LogP contribution in [0.2, 0.25) is 0 Å². The van der Waals surface area contributed by atoms with Gasteiger partial charge in [-0.15, -0.1) is 11.6 Å². The average Bonchev–Trinajstić information content (AvgIpc) is 1.85. The Balaban J connectivity index is 3.22. The summed E-state index contributed by atoms with van der Waals surface area (Å²) in [6, 6.07) is 0.0942. The molecule has 1 N–H and O–H groups in total. The van der Waals surface area contributed by atoms with E-state index in [0.717, 1.165) is 0 Å². The molecule has 0 aliphatic carbocycles. The number of nitrogens with one attached hydrogen (secondary N) is 1. The molecule has 0 bridgehead atoms. The van der Waals surface area contributed by atoms with E-state index in [2.05, 4.69) is 5.32 Å². The van der Waals surface area contributed by atoms with Crippen LogP contribution in [-0.4, -0.2) is 18.7 Å². The molecular formula is C6H12ClNO2. The smallest absolute Gasteiger partial charge is 0.408 e. The number of alkyl halides is 1. The summed E-state index contributed by atoms with van der Waals surface area (Å²) >= 11 is 5.20. The number of hydrogen-bond donors (Lipinski definition) is 1. The van der Waals surface area contributed by atoms with Crippen LogP contribution >= 0.6 is 11.6 Å². The first-order chi connectivity index (χ1) is 4.66. The first-order valence-corrected chi connectivity index (χ1v) is 3.67. The Kier molecular flexibility index (Phi) is 5.12. The van der Waals surface area contributed by atoms with Crippen LogP contribution in [0.1, 0.15) is 13.8 Å². The van der Waals surface area contributed by atoms with Crippen molar-refractivity contribution in [1.82, 2.24) is 5.32 Å². The van der Waals surface area contributed by atoms with E-state index < -0.39 is 6.09 Å². The summed E-state index contributed by atoms with van der Waals surface area (Å²) in [5.74, 6) is 0.362. The van der Waals surface area contributed by atoms with Crippen LogP contribution in [0.5, 0.6) is 0 Å². The van der Waals surface area contributed by atoms with Gasteiger partial charge >= 0.3 is 6.09 Å². The number of carbonyl (C=O) groups is 1. The Labute approximate surface area is 65.7 Å². The second-order valence-electron chi connectivity index (χ2n) is 2.30. The van der Waals surface area contributed by atoms with Gasteiger partial charge in [0.25, 0.3) is 0 Å². The number of carbonyl (C=O) groups excluding carboxylic acids is 1. The highest BCUT2D eigenvalue weighted by Gasteiger charge is 2.00. The molecule has 0 aliphatic heterocycles. The van der Waals surface area contributed by atoms with Gasteiger partial charge in [-0.2, -0.15) is 0 Å². The van der Waals surface area contributed by atoms with Gasteiger partial charge in [0.1, 0.15) is 0 Å². The van der Waals surface area contributed by atoms with Crippen molar-refractivity contribution in [2.45, 2.75) is 13.8 Å². The number of ether oxygens (including phenoxy) is 1. The molecule has 0 atom stereocenters. The molecule has 0 spiro atoms. The highest BCUT2D eigenvalue weighted by atomic mass is 35.5. The molecule has 0 saturated carbocycles. The zero-order chi connectivity index (χ0) is 7.98. The normalized spacial score (nSPS) is 9.60. The van der Waals surface area contributed by atoms with Gasteiger partial charge in [-0.1, -0.05) is 13.8 Å². The molecule has 0 aromatic carbocycles. The molecule has 0 unspecified atom stereocenters. The van der Waals surface area contributed by atoms with Crippen molar-refractivity contribution in [2.75, 3.05) is 12.6 Å². The summed E-state index contributed by atoms with van der Waals surface area (Å²) in [5, 5.41) is 2.31. The summed E-state index contributed by atoms with van der Waals surface area (Å²) in [7, 11) is 0. The molecule has 0 radical (unpaired) electrons. The van der Waals surface area contributed by atoms with Gasteiger partial charge in [-0.25, -0.2) is 4.79 Å². The molecular weight excluding hydrogens is 154 g/mol. The highest BCUT2D eigenvalue weighted by molar-refractivity contribution is 6.18.